The summed E-state index contributed by atoms with van der Waals surface area (Å²) in [6, 6.07) is 8.13. The first-order valence-corrected chi connectivity index (χ1v) is 8.08. The van der Waals surface area contributed by atoms with Gasteiger partial charge in [-0.2, -0.15) is 0 Å². The van der Waals surface area contributed by atoms with Crippen LogP contribution in [-0.4, -0.2) is 30.1 Å². The van der Waals surface area contributed by atoms with Gasteiger partial charge in [0.15, 0.2) is 0 Å². The van der Waals surface area contributed by atoms with E-state index >= 15 is 0 Å². The lowest BCUT2D eigenvalue weighted by Crippen LogP contribution is -2.41. The van der Waals surface area contributed by atoms with Crippen LogP contribution in [0, 0.1) is 10.5 Å². The number of hydrogen-bond acceptors (Lipinski definition) is 2. The molecule has 3 heteroatoms. The minimum atomic E-state index is 0.657. The second kappa shape index (κ2) is 5.37. The zero-order valence-corrected chi connectivity index (χ0v) is 13.1. The highest BCUT2D eigenvalue weighted by atomic mass is 127. The van der Waals surface area contributed by atoms with Gasteiger partial charge >= 0.3 is 0 Å². The van der Waals surface area contributed by atoms with Gasteiger partial charge in [0, 0.05) is 27.9 Å². The van der Waals surface area contributed by atoms with Crippen molar-refractivity contribution in [1.82, 2.24) is 4.90 Å². The van der Waals surface area contributed by atoms with Gasteiger partial charge in [0.05, 0.1) is 0 Å². The molecule has 2 nitrogen and oxygen atoms in total. The van der Waals surface area contributed by atoms with Crippen molar-refractivity contribution in [3.8, 4) is 0 Å². The minimum absolute atomic E-state index is 0.657. The highest BCUT2D eigenvalue weighted by Crippen LogP contribution is 2.30. The zero-order valence-electron chi connectivity index (χ0n) is 11.0. The number of rotatable bonds is 2. The lowest BCUT2D eigenvalue weighted by atomic mass is 9.98. The molecule has 2 unspecified atom stereocenters. The van der Waals surface area contributed by atoms with Gasteiger partial charge in [-0.3, -0.25) is 4.90 Å². The van der Waals surface area contributed by atoms with E-state index in [-0.39, 0.29) is 0 Å². The van der Waals surface area contributed by atoms with E-state index in [9.17, 15) is 0 Å². The SMILES string of the molecule is Cc1cc(I)ccc1NC1CCN2CCCCC12. The number of fused-ring (bicyclic) bond motifs is 1. The summed E-state index contributed by atoms with van der Waals surface area (Å²) in [5.41, 5.74) is 2.70. The Bertz CT molecular complexity index is 433. The van der Waals surface area contributed by atoms with Crippen molar-refractivity contribution >= 4 is 28.3 Å². The number of hydrogen-bond donors (Lipinski definition) is 1. The molecule has 18 heavy (non-hydrogen) atoms. The Morgan fingerprint density at radius 3 is 2.94 bits per heavy atom. The fourth-order valence-corrected chi connectivity index (χ4v) is 4.05. The average molecular weight is 356 g/mol. The van der Waals surface area contributed by atoms with Crippen molar-refractivity contribution in [2.45, 2.75) is 44.7 Å². The molecule has 2 saturated heterocycles. The Morgan fingerprint density at radius 2 is 2.11 bits per heavy atom. The first kappa shape index (κ1) is 12.7. The van der Waals surface area contributed by atoms with Crippen LogP contribution in [0.2, 0.25) is 0 Å². The molecule has 0 saturated carbocycles. The van der Waals surface area contributed by atoms with Crippen LogP contribution in [0.4, 0.5) is 5.69 Å². The van der Waals surface area contributed by atoms with E-state index in [1.165, 1.54) is 53.6 Å². The van der Waals surface area contributed by atoms with Gasteiger partial charge in [0.25, 0.3) is 0 Å². The molecule has 98 valence electrons. The predicted molar refractivity (Wildman–Crippen MR) is 85.1 cm³/mol. The molecule has 0 bridgehead atoms. The van der Waals surface area contributed by atoms with Crippen molar-refractivity contribution in [3.05, 3.63) is 27.3 Å². The molecule has 2 aliphatic heterocycles. The van der Waals surface area contributed by atoms with Crippen molar-refractivity contribution in [2.75, 3.05) is 18.4 Å². The first-order chi connectivity index (χ1) is 8.74. The van der Waals surface area contributed by atoms with Gasteiger partial charge in [-0.15, -0.1) is 0 Å². The Morgan fingerprint density at radius 1 is 1.22 bits per heavy atom. The average Bonchev–Trinajstić information content (AvgIpc) is 2.76. The molecular formula is C15H21IN2. The zero-order chi connectivity index (χ0) is 12.5. The van der Waals surface area contributed by atoms with Gasteiger partial charge in [-0.05, 0) is 79.1 Å². The Balaban J connectivity index is 1.72. The summed E-state index contributed by atoms with van der Waals surface area (Å²) < 4.78 is 1.32. The van der Waals surface area contributed by atoms with Crippen molar-refractivity contribution in [3.63, 3.8) is 0 Å². The number of piperidine rings is 1. The molecule has 0 spiro atoms. The summed E-state index contributed by atoms with van der Waals surface area (Å²) in [6.07, 6.45) is 5.48. The Kier molecular flexibility index (Phi) is 3.80. The molecule has 1 aromatic carbocycles. The third-order valence-corrected chi connectivity index (χ3v) is 5.06. The van der Waals surface area contributed by atoms with E-state index in [4.69, 9.17) is 0 Å². The Labute approximate surface area is 123 Å². The molecule has 3 rings (SSSR count). The third-order valence-electron chi connectivity index (χ3n) is 4.39. The van der Waals surface area contributed by atoms with Crippen molar-refractivity contribution in [2.24, 2.45) is 0 Å². The molecule has 1 N–H and O–H groups in total. The lowest BCUT2D eigenvalue weighted by Gasteiger charge is -2.33. The van der Waals surface area contributed by atoms with Gasteiger partial charge in [-0.1, -0.05) is 6.42 Å². The summed E-state index contributed by atoms with van der Waals surface area (Å²) >= 11 is 2.38. The number of halogens is 1. The number of aryl methyl sites for hydroxylation is 1. The summed E-state index contributed by atoms with van der Waals surface area (Å²) in [7, 11) is 0. The topological polar surface area (TPSA) is 15.3 Å². The molecule has 2 heterocycles. The van der Waals surface area contributed by atoms with Crippen LogP contribution in [0.15, 0.2) is 18.2 Å². The highest BCUT2D eigenvalue weighted by Gasteiger charge is 2.35. The van der Waals surface area contributed by atoms with Gasteiger partial charge in [0.1, 0.15) is 0 Å². The molecule has 0 amide bonds. The standard InChI is InChI=1S/C15H21IN2/c1-11-10-12(16)5-6-13(11)17-14-7-9-18-8-3-2-4-15(14)18/h5-6,10,14-15,17H,2-4,7-9H2,1H3. The number of anilines is 1. The molecule has 0 aromatic heterocycles. The summed E-state index contributed by atoms with van der Waals surface area (Å²) in [6.45, 7) is 4.80. The molecule has 0 radical (unpaired) electrons. The summed E-state index contributed by atoms with van der Waals surface area (Å²) in [4.78, 5) is 2.68. The summed E-state index contributed by atoms with van der Waals surface area (Å²) in [5.74, 6) is 0. The Hall–Kier alpha value is -0.290. The third kappa shape index (κ3) is 2.52. The first-order valence-electron chi connectivity index (χ1n) is 7.01. The van der Waals surface area contributed by atoms with Gasteiger partial charge in [0.2, 0.25) is 0 Å². The van der Waals surface area contributed by atoms with Crippen LogP contribution in [0.5, 0.6) is 0 Å². The van der Waals surface area contributed by atoms with Crippen LogP contribution in [0.25, 0.3) is 0 Å². The number of benzene rings is 1. The second-order valence-electron chi connectivity index (χ2n) is 5.60. The largest absolute Gasteiger partial charge is 0.380 e. The fraction of sp³-hybridized carbons (Fsp3) is 0.600. The quantitative estimate of drug-likeness (QED) is 0.814. The monoisotopic (exact) mass is 356 g/mol. The van der Waals surface area contributed by atoms with Crippen LogP contribution in [0.1, 0.15) is 31.2 Å². The molecule has 0 aliphatic carbocycles. The molecule has 2 atom stereocenters. The maximum Gasteiger partial charge on any atom is 0.0429 e. The maximum atomic E-state index is 3.79. The van der Waals surface area contributed by atoms with E-state index in [2.05, 4.69) is 57.9 Å². The smallest absolute Gasteiger partial charge is 0.0429 e. The van der Waals surface area contributed by atoms with Crippen LogP contribution >= 0.6 is 22.6 Å². The highest BCUT2D eigenvalue weighted by molar-refractivity contribution is 14.1. The van der Waals surface area contributed by atoms with E-state index in [1.807, 2.05) is 0 Å². The minimum Gasteiger partial charge on any atom is -0.380 e. The molecule has 1 aromatic rings. The van der Waals surface area contributed by atoms with Crippen molar-refractivity contribution in [1.29, 1.82) is 0 Å². The van der Waals surface area contributed by atoms with Crippen LogP contribution in [0.3, 0.4) is 0 Å². The number of nitrogens with one attached hydrogen (secondary N) is 1. The van der Waals surface area contributed by atoms with Gasteiger partial charge < -0.3 is 5.32 Å². The van der Waals surface area contributed by atoms with E-state index < -0.39 is 0 Å². The van der Waals surface area contributed by atoms with E-state index in [0.717, 1.165) is 6.04 Å². The van der Waals surface area contributed by atoms with Crippen LogP contribution < -0.4 is 5.32 Å². The van der Waals surface area contributed by atoms with E-state index in [1.54, 1.807) is 0 Å². The summed E-state index contributed by atoms with van der Waals surface area (Å²) in [5, 5.41) is 3.79. The van der Waals surface area contributed by atoms with E-state index in [0.29, 0.717) is 6.04 Å². The molecule has 2 aliphatic rings. The normalized spacial score (nSPS) is 28.1. The number of nitrogens with zero attached hydrogens (tertiary/aromatic N) is 1. The van der Waals surface area contributed by atoms with Crippen LogP contribution in [-0.2, 0) is 0 Å². The predicted octanol–water partition coefficient (Wildman–Crippen LogP) is 3.64. The maximum absolute atomic E-state index is 3.79. The molecule has 2 fully saturated rings. The van der Waals surface area contributed by atoms with Crippen molar-refractivity contribution < 1.29 is 0 Å². The van der Waals surface area contributed by atoms with Gasteiger partial charge in [-0.25, -0.2) is 0 Å². The molecular weight excluding hydrogens is 335 g/mol. The fourth-order valence-electron chi connectivity index (χ4n) is 3.40. The second-order valence-corrected chi connectivity index (χ2v) is 6.84. The lowest BCUT2D eigenvalue weighted by molar-refractivity contribution is 0.193.